The fourth-order valence-corrected chi connectivity index (χ4v) is 3.95. The maximum absolute atomic E-state index is 13.1. The topological polar surface area (TPSA) is 38.8 Å². The van der Waals surface area contributed by atoms with E-state index in [1.807, 2.05) is 59.5 Å². The maximum Gasteiger partial charge on any atom is 0.257 e. The number of carbonyl (C=O) groups is 1. The van der Waals surface area contributed by atoms with Gasteiger partial charge in [-0.1, -0.05) is 54.6 Å². The third-order valence-electron chi connectivity index (χ3n) is 5.67. The molecule has 3 aromatic rings. The molecule has 0 bridgehead atoms. The van der Waals surface area contributed by atoms with Crippen LogP contribution in [0.4, 0.5) is 0 Å². The molecule has 3 aromatic carbocycles. The molecule has 0 saturated carbocycles. The van der Waals surface area contributed by atoms with Crippen molar-refractivity contribution in [1.82, 2.24) is 4.90 Å². The van der Waals surface area contributed by atoms with E-state index in [1.165, 1.54) is 5.56 Å². The van der Waals surface area contributed by atoms with Crippen molar-refractivity contribution in [2.75, 3.05) is 26.8 Å². The van der Waals surface area contributed by atoms with Gasteiger partial charge in [0, 0.05) is 19.7 Å². The molecule has 1 amide bonds. The molecule has 0 unspecified atom stereocenters. The van der Waals surface area contributed by atoms with Crippen molar-refractivity contribution in [2.45, 2.75) is 19.4 Å². The largest absolute Gasteiger partial charge is 0.496 e. The van der Waals surface area contributed by atoms with Crippen LogP contribution in [0.1, 0.15) is 28.8 Å². The number of piperidine rings is 1. The summed E-state index contributed by atoms with van der Waals surface area (Å²) in [5, 5.41) is 2.14. The van der Waals surface area contributed by atoms with Gasteiger partial charge < -0.3 is 14.4 Å². The third-order valence-corrected chi connectivity index (χ3v) is 5.67. The predicted octanol–water partition coefficient (Wildman–Crippen LogP) is 4.92. The summed E-state index contributed by atoms with van der Waals surface area (Å²) in [6.45, 7) is 2.91. The van der Waals surface area contributed by atoms with E-state index in [-0.39, 0.29) is 5.91 Å². The summed E-state index contributed by atoms with van der Waals surface area (Å²) in [5.41, 5.74) is 1.84. The number of ether oxygens (including phenoxy) is 2. The Balaban J connectivity index is 1.35. The van der Waals surface area contributed by atoms with Crippen LogP contribution in [0.5, 0.6) is 5.75 Å². The highest BCUT2D eigenvalue weighted by Gasteiger charge is 2.26. The number of fused-ring (bicyclic) bond motifs is 1. The first-order valence-corrected chi connectivity index (χ1v) is 10.2. The molecule has 0 radical (unpaired) electrons. The number of rotatable bonds is 6. The Morgan fingerprint density at radius 3 is 2.31 bits per heavy atom. The van der Waals surface area contributed by atoms with Gasteiger partial charge in [0.25, 0.3) is 5.91 Å². The van der Waals surface area contributed by atoms with E-state index in [2.05, 4.69) is 12.1 Å². The highest BCUT2D eigenvalue weighted by Crippen LogP contribution is 2.28. The Morgan fingerprint density at radius 1 is 0.966 bits per heavy atom. The SMILES string of the molecule is COc1cc2ccccc2cc1C(=O)N1CCC(COCc2ccccc2)CC1. The van der Waals surface area contributed by atoms with Crippen molar-refractivity contribution in [1.29, 1.82) is 0 Å². The van der Waals surface area contributed by atoms with Gasteiger partial charge in [0.2, 0.25) is 0 Å². The van der Waals surface area contributed by atoms with Gasteiger partial charge in [-0.05, 0) is 47.2 Å². The molecule has 1 aliphatic rings. The molecule has 4 heteroatoms. The molecule has 1 fully saturated rings. The summed E-state index contributed by atoms with van der Waals surface area (Å²) in [7, 11) is 1.62. The number of hydrogen-bond donors (Lipinski definition) is 0. The van der Waals surface area contributed by atoms with E-state index < -0.39 is 0 Å². The van der Waals surface area contributed by atoms with E-state index in [0.29, 0.717) is 23.8 Å². The Bertz CT molecular complexity index is 962. The second-order valence-electron chi connectivity index (χ2n) is 7.64. The standard InChI is InChI=1S/C25H27NO3/c1-28-24-16-22-10-6-5-9-21(22)15-23(24)25(27)26-13-11-20(12-14-26)18-29-17-19-7-3-2-4-8-19/h2-10,15-16,20H,11-14,17-18H2,1H3. The van der Waals surface area contributed by atoms with E-state index >= 15 is 0 Å². The molecule has 4 nitrogen and oxygen atoms in total. The normalized spacial score (nSPS) is 14.9. The van der Waals surface area contributed by atoms with Crippen LogP contribution in [0.15, 0.2) is 66.7 Å². The van der Waals surface area contributed by atoms with Crippen LogP contribution in [0.25, 0.3) is 10.8 Å². The number of amides is 1. The fourth-order valence-electron chi connectivity index (χ4n) is 3.95. The third kappa shape index (κ3) is 4.60. The van der Waals surface area contributed by atoms with Gasteiger partial charge >= 0.3 is 0 Å². The minimum absolute atomic E-state index is 0.0521. The predicted molar refractivity (Wildman–Crippen MR) is 115 cm³/mol. The summed E-state index contributed by atoms with van der Waals surface area (Å²) in [6.07, 6.45) is 1.94. The van der Waals surface area contributed by atoms with Crippen LogP contribution >= 0.6 is 0 Å². The first kappa shape index (κ1) is 19.5. The van der Waals surface area contributed by atoms with E-state index in [0.717, 1.165) is 43.3 Å². The molecule has 1 saturated heterocycles. The molecule has 0 N–H and O–H groups in total. The van der Waals surface area contributed by atoms with Crippen LogP contribution < -0.4 is 4.74 Å². The summed E-state index contributed by atoms with van der Waals surface area (Å²) in [6, 6.07) is 22.2. The maximum atomic E-state index is 13.1. The van der Waals surface area contributed by atoms with Crippen molar-refractivity contribution in [3.63, 3.8) is 0 Å². The second-order valence-corrected chi connectivity index (χ2v) is 7.64. The van der Waals surface area contributed by atoms with E-state index in [4.69, 9.17) is 9.47 Å². The second kappa shape index (κ2) is 9.10. The Labute approximate surface area is 172 Å². The minimum atomic E-state index is 0.0521. The average molecular weight is 389 g/mol. The summed E-state index contributed by atoms with van der Waals surface area (Å²) < 4.78 is 11.4. The Kier molecular flexibility index (Phi) is 6.11. The quantitative estimate of drug-likeness (QED) is 0.601. The number of methoxy groups -OCH3 is 1. The first-order valence-electron chi connectivity index (χ1n) is 10.2. The monoisotopic (exact) mass is 389 g/mol. The number of hydrogen-bond acceptors (Lipinski definition) is 3. The number of likely N-dealkylation sites (tertiary alicyclic amines) is 1. The van der Waals surface area contributed by atoms with Crippen molar-refractivity contribution in [3.8, 4) is 5.75 Å². The van der Waals surface area contributed by atoms with Crippen molar-refractivity contribution < 1.29 is 14.3 Å². The van der Waals surface area contributed by atoms with Crippen LogP contribution in [-0.2, 0) is 11.3 Å². The fraction of sp³-hybridized carbons (Fsp3) is 0.320. The van der Waals surface area contributed by atoms with Crippen molar-refractivity contribution in [3.05, 3.63) is 77.9 Å². The molecule has 29 heavy (non-hydrogen) atoms. The van der Waals surface area contributed by atoms with Gasteiger partial charge in [-0.25, -0.2) is 0 Å². The lowest BCUT2D eigenvalue weighted by molar-refractivity contribution is 0.0477. The first-order chi connectivity index (χ1) is 14.2. The Hall–Kier alpha value is -2.85. The molecule has 150 valence electrons. The minimum Gasteiger partial charge on any atom is -0.496 e. The zero-order valence-corrected chi connectivity index (χ0v) is 16.8. The van der Waals surface area contributed by atoms with E-state index in [9.17, 15) is 4.79 Å². The van der Waals surface area contributed by atoms with Gasteiger partial charge in [-0.2, -0.15) is 0 Å². The van der Waals surface area contributed by atoms with Crippen molar-refractivity contribution in [2.24, 2.45) is 5.92 Å². The molecular formula is C25H27NO3. The van der Waals surface area contributed by atoms with E-state index in [1.54, 1.807) is 7.11 Å². The molecular weight excluding hydrogens is 362 g/mol. The van der Waals surface area contributed by atoms with Crippen LogP contribution in [0, 0.1) is 5.92 Å². The zero-order valence-electron chi connectivity index (χ0n) is 16.8. The lowest BCUT2D eigenvalue weighted by Gasteiger charge is -2.32. The lowest BCUT2D eigenvalue weighted by Crippen LogP contribution is -2.39. The van der Waals surface area contributed by atoms with Gasteiger partial charge in [0.05, 0.1) is 19.3 Å². The Morgan fingerprint density at radius 2 is 1.62 bits per heavy atom. The molecule has 0 atom stereocenters. The summed E-state index contributed by atoms with van der Waals surface area (Å²) in [5.74, 6) is 1.19. The lowest BCUT2D eigenvalue weighted by atomic mass is 9.96. The van der Waals surface area contributed by atoms with Crippen LogP contribution in [0.3, 0.4) is 0 Å². The number of benzene rings is 3. The zero-order chi connectivity index (χ0) is 20.1. The molecule has 1 heterocycles. The van der Waals surface area contributed by atoms with Gasteiger partial charge in [-0.3, -0.25) is 4.79 Å². The molecule has 0 aromatic heterocycles. The van der Waals surface area contributed by atoms with Gasteiger partial charge in [-0.15, -0.1) is 0 Å². The molecule has 0 aliphatic carbocycles. The summed E-state index contributed by atoms with van der Waals surface area (Å²) >= 11 is 0. The van der Waals surface area contributed by atoms with Gasteiger partial charge in [0.15, 0.2) is 0 Å². The average Bonchev–Trinajstić information content (AvgIpc) is 2.79. The number of nitrogens with zero attached hydrogens (tertiary/aromatic N) is 1. The summed E-state index contributed by atoms with van der Waals surface area (Å²) in [4.78, 5) is 15.1. The van der Waals surface area contributed by atoms with Crippen LogP contribution in [-0.4, -0.2) is 37.6 Å². The van der Waals surface area contributed by atoms with Gasteiger partial charge in [0.1, 0.15) is 5.75 Å². The highest BCUT2D eigenvalue weighted by atomic mass is 16.5. The van der Waals surface area contributed by atoms with Crippen molar-refractivity contribution >= 4 is 16.7 Å². The molecule has 4 rings (SSSR count). The molecule has 0 spiro atoms. The van der Waals surface area contributed by atoms with Crippen LogP contribution in [0.2, 0.25) is 0 Å². The molecule has 1 aliphatic heterocycles. The smallest absolute Gasteiger partial charge is 0.257 e. The number of carbonyl (C=O) groups excluding carboxylic acids is 1. The highest BCUT2D eigenvalue weighted by molar-refractivity contribution is 6.01.